The minimum atomic E-state index is -0.194. The quantitative estimate of drug-likeness (QED) is 0.720. The molecule has 0 aliphatic carbocycles. The average Bonchev–Trinajstić information content (AvgIpc) is 3.04. The maximum Gasteiger partial charge on any atom is 0.220 e. The Hall–Kier alpha value is -2.27. The number of carbonyl (C=O) groups is 1. The van der Waals surface area contributed by atoms with Gasteiger partial charge in [-0.2, -0.15) is 0 Å². The molecule has 1 amide bonds. The van der Waals surface area contributed by atoms with E-state index >= 15 is 0 Å². The molecule has 2 heterocycles. The number of carbonyl (C=O) groups excluding carboxylic acids is 1. The van der Waals surface area contributed by atoms with Gasteiger partial charge in [0.2, 0.25) is 5.91 Å². The van der Waals surface area contributed by atoms with Crippen LogP contribution in [0.1, 0.15) is 30.0 Å². The van der Waals surface area contributed by atoms with Crippen molar-refractivity contribution >= 4 is 28.6 Å². The van der Waals surface area contributed by atoms with E-state index in [2.05, 4.69) is 16.4 Å². The van der Waals surface area contributed by atoms with Crippen LogP contribution in [0.4, 0.5) is 4.39 Å². The SMILES string of the molecule is O=C(CCc1c[nH]c2ccccc12)NC1CCSc2c(F)cccc21. The molecule has 3 aromatic rings. The number of aryl methyl sites for hydroxylation is 1. The number of aromatic nitrogens is 1. The summed E-state index contributed by atoms with van der Waals surface area (Å²) in [6.07, 6.45) is 3.92. The van der Waals surface area contributed by atoms with Gasteiger partial charge in [0.25, 0.3) is 0 Å². The van der Waals surface area contributed by atoms with Crippen LogP contribution in [0.5, 0.6) is 0 Å². The average molecular weight is 354 g/mol. The Morgan fingerprint density at radius 2 is 2.12 bits per heavy atom. The van der Waals surface area contributed by atoms with Crippen molar-refractivity contribution in [1.82, 2.24) is 10.3 Å². The number of rotatable bonds is 4. The summed E-state index contributed by atoms with van der Waals surface area (Å²) in [6.45, 7) is 0. The molecule has 0 bridgehead atoms. The number of para-hydroxylation sites is 1. The fourth-order valence-corrected chi connectivity index (χ4v) is 4.53. The largest absolute Gasteiger partial charge is 0.361 e. The fourth-order valence-electron chi connectivity index (χ4n) is 3.39. The first kappa shape index (κ1) is 16.2. The standard InChI is InChI=1S/C20H19FN2OS/c21-16-6-3-5-15-18(10-11-25-20(15)16)23-19(24)9-8-13-12-22-17-7-2-1-4-14(13)17/h1-7,12,18,22H,8-11H2,(H,23,24). The molecule has 1 unspecified atom stereocenters. The van der Waals surface area contributed by atoms with E-state index < -0.39 is 0 Å². The lowest BCUT2D eigenvalue weighted by atomic mass is 10.0. The van der Waals surface area contributed by atoms with E-state index in [4.69, 9.17) is 0 Å². The van der Waals surface area contributed by atoms with Gasteiger partial charge in [-0.05, 0) is 36.1 Å². The van der Waals surface area contributed by atoms with E-state index in [-0.39, 0.29) is 17.8 Å². The molecule has 4 rings (SSSR count). The fraction of sp³-hybridized carbons (Fsp3) is 0.250. The predicted molar refractivity (Wildman–Crippen MR) is 99.2 cm³/mol. The summed E-state index contributed by atoms with van der Waals surface area (Å²) in [4.78, 5) is 16.3. The minimum Gasteiger partial charge on any atom is -0.361 e. The molecule has 5 heteroatoms. The summed E-state index contributed by atoms with van der Waals surface area (Å²) in [5.74, 6) is 0.638. The van der Waals surface area contributed by atoms with Crippen molar-refractivity contribution in [3.63, 3.8) is 0 Å². The van der Waals surface area contributed by atoms with E-state index in [1.807, 2.05) is 30.5 Å². The number of nitrogens with one attached hydrogen (secondary N) is 2. The molecule has 2 aromatic carbocycles. The van der Waals surface area contributed by atoms with Gasteiger partial charge in [0.05, 0.1) is 6.04 Å². The number of fused-ring (bicyclic) bond motifs is 2. The molecule has 1 aromatic heterocycles. The molecule has 1 atom stereocenters. The van der Waals surface area contributed by atoms with Gasteiger partial charge < -0.3 is 10.3 Å². The normalized spacial score (nSPS) is 16.6. The summed E-state index contributed by atoms with van der Waals surface area (Å²) < 4.78 is 13.9. The summed E-state index contributed by atoms with van der Waals surface area (Å²) in [6, 6.07) is 13.1. The van der Waals surface area contributed by atoms with E-state index in [9.17, 15) is 9.18 Å². The number of halogens is 1. The van der Waals surface area contributed by atoms with Gasteiger partial charge in [-0.3, -0.25) is 4.79 Å². The summed E-state index contributed by atoms with van der Waals surface area (Å²) in [5, 5.41) is 4.25. The lowest BCUT2D eigenvalue weighted by molar-refractivity contribution is -0.121. The van der Waals surface area contributed by atoms with Crippen LogP contribution in [0.3, 0.4) is 0 Å². The molecule has 25 heavy (non-hydrogen) atoms. The molecule has 0 saturated carbocycles. The minimum absolute atomic E-state index is 0.0115. The van der Waals surface area contributed by atoms with E-state index in [0.717, 1.165) is 34.2 Å². The van der Waals surface area contributed by atoms with Crippen molar-refractivity contribution in [1.29, 1.82) is 0 Å². The van der Waals surface area contributed by atoms with Crippen LogP contribution in [0.15, 0.2) is 53.6 Å². The van der Waals surface area contributed by atoms with Crippen LogP contribution in [-0.4, -0.2) is 16.6 Å². The molecule has 0 saturated heterocycles. The van der Waals surface area contributed by atoms with Crippen molar-refractivity contribution in [2.24, 2.45) is 0 Å². The lowest BCUT2D eigenvalue weighted by Crippen LogP contribution is -2.31. The molecule has 0 fully saturated rings. The van der Waals surface area contributed by atoms with Crippen LogP contribution >= 0.6 is 11.8 Å². The summed E-state index contributed by atoms with van der Waals surface area (Å²) in [5.41, 5.74) is 3.14. The highest BCUT2D eigenvalue weighted by atomic mass is 32.2. The Balaban J connectivity index is 1.43. The van der Waals surface area contributed by atoms with Gasteiger partial charge >= 0.3 is 0 Å². The number of hydrogen-bond donors (Lipinski definition) is 2. The van der Waals surface area contributed by atoms with Crippen molar-refractivity contribution in [3.05, 3.63) is 65.6 Å². The van der Waals surface area contributed by atoms with Crippen LogP contribution in [0, 0.1) is 5.82 Å². The van der Waals surface area contributed by atoms with Crippen LogP contribution in [-0.2, 0) is 11.2 Å². The Kier molecular flexibility index (Phi) is 4.49. The zero-order chi connectivity index (χ0) is 17.2. The smallest absolute Gasteiger partial charge is 0.220 e. The van der Waals surface area contributed by atoms with Crippen LogP contribution < -0.4 is 5.32 Å². The third kappa shape index (κ3) is 3.29. The topological polar surface area (TPSA) is 44.9 Å². The Morgan fingerprint density at radius 3 is 3.04 bits per heavy atom. The number of benzene rings is 2. The highest BCUT2D eigenvalue weighted by molar-refractivity contribution is 7.99. The number of H-pyrrole nitrogens is 1. The Bertz CT molecular complexity index is 921. The maximum atomic E-state index is 13.9. The van der Waals surface area contributed by atoms with Crippen molar-refractivity contribution in [3.8, 4) is 0 Å². The second kappa shape index (κ2) is 6.92. The Morgan fingerprint density at radius 1 is 1.24 bits per heavy atom. The lowest BCUT2D eigenvalue weighted by Gasteiger charge is -2.26. The molecular weight excluding hydrogens is 335 g/mol. The van der Waals surface area contributed by atoms with Crippen LogP contribution in [0.25, 0.3) is 10.9 Å². The predicted octanol–water partition coefficient (Wildman–Crippen LogP) is 4.59. The summed E-state index contributed by atoms with van der Waals surface area (Å²) in [7, 11) is 0. The van der Waals surface area contributed by atoms with Gasteiger partial charge in [-0.1, -0.05) is 30.3 Å². The van der Waals surface area contributed by atoms with E-state index in [1.54, 1.807) is 6.07 Å². The van der Waals surface area contributed by atoms with Gasteiger partial charge in [-0.15, -0.1) is 11.8 Å². The summed E-state index contributed by atoms with van der Waals surface area (Å²) >= 11 is 1.53. The second-order valence-electron chi connectivity index (χ2n) is 6.27. The number of thioether (sulfide) groups is 1. The maximum absolute atomic E-state index is 13.9. The first-order valence-corrected chi connectivity index (χ1v) is 9.46. The van der Waals surface area contributed by atoms with Gasteiger partial charge in [-0.25, -0.2) is 4.39 Å². The third-order valence-electron chi connectivity index (χ3n) is 4.66. The second-order valence-corrected chi connectivity index (χ2v) is 7.38. The number of hydrogen-bond acceptors (Lipinski definition) is 2. The highest BCUT2D eigenvalue weighted by Gasteiger charge is 2.24. The van der Waals surface area contributed by atoms with E-state index in [0.29, 0.717) is 17.7 Å². The zero-order valence-electron chi connectivity index (χ0n) is 13.7. The van der Waals surface area contributed by atoms with Crippen molar-refractivity contribution < 1.29 is 9.18 Å². The first-order valence-electron chi connectivity index (χ1n) is 8.48. The first-order chi connectivity index (χ1) is 12.2. The molecule has 0 spiro atoms. The molecule has 2 N–H and O–H groups in total. The molecule has 1 aliphatic rings. The van der Waals surface area contributed by atoms with Crippen molar-refractivity contribution in [2.75, 3.05) is 5.75 Å². The monoisotopic (exact) mass is 354 g/mol. The number of amides is 1. The van der Waals surface area contributed by atoms with Crippen LogP contribution in [0.2, 0.25) is 0 Å². The third-order valence-corrected chi connectivity index (χ3v) is 5.82. The molecular formula is C20H19FN2OS. The van der Waals surface area contributed by atoms with Gasteiger partial charge in [0, 0.05) is 34.2 Å². The molecule has 1 aliphatic heterocycles. The molecule has 0 radical (unpaired) electrons. The van der Waals surface area contributed by atoms with Gasteiger partial charge in [0.15, 0.2) is 0 Å². The zero-order valence-corrected chi connectivity index (χ0v) is 14.5. The number of aromatic amines is 1. The van der Waals surface area contributed by atoms with Gasteiger partial charge in [0.1, 0.15) is 5.82 Å². The molecule has 3 nitrogen and oxygen atoms in total. The highest BCUT2D eigenvalue weighted by Crippen LogP contribution is 2.37. The molecule has 128 valence electrons. The van der Waals surface area contributed by atoms with E-state index in [1.165, 1.54) is 17.8 Å². The van der Waals surface area contributed by atoms with Crippen molar-refractivity contribution in [2.45, 2.75) is 30.2 Å². The Labute approximate surface area is 150 Å².